The van der Waals surface area contributed by atoms with Gasteiger partial charge in [-0.25, -0.2) is 0 Å². The van der Waals surface area contributed by atoms with Gasteiger partial charge in [-0.2, -0.15) is 0 Å². The van der Waals surface area contributed by atoms with E-state index in [9.17, 15) is 9.59 Å². The predicted molar refractivity (Wildman–Crippen MR) is 138 cm³/mol. The minimum Gasteiger partial charge on any atom is -0.467 e. The van der Waals surface area contributed by atoms with Gasteiger partial charge in [0.1, 0.15) is 11.8 Å². The minimum atomic E-state index is -0.510. The average Bonchev–Trinajstić information content (AvgIpc) is 3.27. The van der Waals surface area contributed by atoms with Gasteiger partial charge in [-0.1, -0.05) is 43.7 Å². The van der Waals surface area contributed by atoms with Crippen LogP contribution in [-0.2, 0) is 9.59 Å². The zero-order chi connectivity index (χ0) is 24.7. The summed E-state index contributed by atoms with van der Waals surface area (Å²) in [6.07, 6.45) is 2.80. The Morgan fingerprint density at radius 1 is 1.11 bits per heavy atom. The van der Waals surface area contributed by atoms with Crippen LogP contribution in [0, 0.1) is 19.3 Å². The molecule has 0 bridgehead atoms. The van der Waals surface area contributed by atoms with E-state index in [1.165, 1.54) is 0 Å². The van der Waals surface area contributed by atoms with Crippen LogP contribution >= 0.6 is 0 Å². The number of hydrogen-bond acceptors (Lipinski definition) is 5. The Labute approximate surface area is 206 Å². The summed E-state index contributed by atoms with van der Waals surface area (Å²) in [5.41, 5.74) is 6.08. The quantitative estimate of drug-likeness (QED) is 0.479. The lowest BCUT2D eigenvalue weighted by Crippen LogP contribution is -2.40. The Balaban J connectivity index is 1.59. The molecule has 180 valence electrons. The number of furan rings is 1. The third-order valence-electron chi connectivity index (χ3n) is 6.79. The molecule has 0 saturated heterocycles. The van der Waals surface area contributed by atoms with Gasteiger partial charge >= 0.3 is 0 Å². The maximum absolute atomic E-state index is 13.6. The van der Waals surface area contributed by atoms with E-state index in [0.717, 1.165) is 40.3 Å². The SMILES string of the molecule is Cc1ccc(NC(=O)CN2c3ccccc3NC3=C(C(=O)CC(C)(C)C3)[C@@H]2c2ccco2)c(C)c1. The number of para-hydroxylation sites is 2. The lowest BCUT2D eigenvalue weighted by molar-refractivity contribution is -0.119. The Bertz CT molecular complexity index is 1320. The highest BCUT2D eigenvalue weighted by molar-refractivity contribution is 6.02. The first-order chi connectivity index (χ1) is 16.7. The molecular formula is C29H31N3O3. The zero-order valence-electron chi connectivity index (χ0n) is 20.6. The monoisotopic (exact) mass is 469 g/mol. The summed E-state index contributed by atoms with van der Waals surface area (Å²) in [4.78, 5) is 29.0. The summed E-state index contributed by atoms with van der Waals surface area (Å²) < 4.78 is 5.87. The van der Waals surface area contributed by atoms with E-state index in [-0.39, 0.29) is 23.7 Å². The van der Waals surface area contributed by atoms with Gasteiger partial charge in [-0.15, -0.1) is 0 Å². The highest BCUT2D eigenvalue weighted by atomic mass is 16.3. The molecule has 1 amide bonds. The van der Waals surface area contributed by atoms with Crippen molar-refractivity contribution in [2.45, 2.75) is 46.6 Å². The van der Waals surface area contributed by atoms with Crippen molar-refractivity contribution in [1.82, 2.24) is 0 Å². The van der Waals surface area contributed by atoms with E-state index in [2.05, 4.69) is 24.5 Å². The second-order valence-electron chi connectivity index (χ2n) is 10.4. The van der Waals surface area contributed by atoms with Crippen LogP contribution in [0.25, 0.3) is 0 Å². The molecule has 0 fully saturated rings. The van der Waals surface area contributed by atoms with Crippen molar-refractivity contribution < 1.29 is 14.0 Å². The fourth-order valence-electron chi connectivity index (χ4n) is 5.27. The number of benzene rings is 2. The van der Waals surface area contributed by atoms with Crippen LogP contribution in [0.3, 0.4) is 0 Å². The number of fused-ring (bicyclic) bond motifs is 1. The number of allylic oxidation sites excluding steroid dienone is 1. The maximum atomic E-state index is 13.6. The molecule has 0 unspecified atom stereocenters. The lowest BCUT2D eigenvalue weighted by atomic mass is 9.74. The highest BCUT2D eigenvalue weighted by Crippen LogP contribution is 2.48. The minimum absolute atomic E-state index is 0.0603. The van der Waals surface area contributed by atoms with E-state index in [1.807, 2.05) is 73.3 Å². The standard InChI is InChI=1S/C29H31N3O3/c1-18-11-12-20(19(2)14-18)31-26(34)17-32-23-9-6-5-8-21(23)30-22-15-29(3,4)16-24(33)27(22)28(32)25-10-7-13-35-25/h5-14,28,30H,15-17H2,1-4H3,(H,31,34)/t28-/m0/s1. The second-order valence-corrected chi connectivity index (χ2v) is 10.4. The van der Waals surface area contributed by atoms with Crippen molar-refractivity contribution in [2.24, 2.45) is 5.41 Å². The fourth-order valence-corrected chi connectivity index (χ4v) is 5.27. The van der Waals surface area contributed by atoms with Gasteiger partial charge in [0, 0.05) is 23.4 Å². The number of amides is 1. The van der Waals surface area contributed by atoms with Gasteiger partial charge in [-0.05, 0) is 61.6 Å². The predicted octanol–water partition coefficient (Wildman–Crippen LogP) is 6.15. The topological polar surface area (TPSA) is 74.6 Å². The molecule has 1 aliphatic carbocycles. The summed E-state index contributed by atoms with van der Waals surface area (Å²) >= 11 is 0. The molecular weight excluding hydrogens is 438 g/mol. The first kappa shape index (κ1) is 23.0. The molecule has 1 aromatic heterocycles. The number of ketones is 1. The van der Waals surface area contributed by atoms with Crippen molar-refractivity contribution in [1.29, 1.82) is 0 Å². The normalized spacial score (nSPS) is 18.9. The molecule has 5 rings (SSSR count). The average molecular weight is 470 g/mol. The van der Waals surface area contributed by atoms with Crippen molar-refractivity contribution in [3.05, 3.63) is 89.0 Å². The Morgan fingerprint density at radius 3 is 2.66 bits per heavy atom. The molecule has 0 spiro atoms. The Kier molecular flexibility index (Phi) is 5.75. The van der Waals surface area contributed by atoms with Crippen molar-refractivity contribution in [3.8, 4) is 0 Å². The van der Waals surface area contributed by atoms with Gasteiger partial charge in [-0.3, -0.25) is 9.59 Å². The largest absolute Gasteiger partial charge is 0.467 e. The molecule has 3 aromatic rings. The maximum Gasteiger partial charge on any atom is 0.243 e. The van der Waals surface area contributed by atoms with Crippen molar-refractivity contribution in [2.75, 3.05) is 22.1 Å². The molecule has 2 aromatic carbocycles. The van der Waals surface area contributed by atoms with Gasteiger partial charge in [0.15, 0.2) is 5.78 Å². The third kappa shape index (κ3) is 4.48. The van der Waals surface area contributed by atoms with E-state index >= 15 is 0 Å². The summed E-state index contributed by atoms with van der Waals surface area (Å²) in [7, 11) is 0. The molecule has 0 saturated carbocycles. The Hall–Kier alpha value is -3.80. The summed E-state index contributed by atoms with van der Waals surface area (Å²) in [6, 6.07) is 17.0. The fraction of sp³-hybridized carbons (Fsp3) is 0.310. The molecule has 6 heteroatoms. The highest BCUT2D eigenvalue weighted by Gasteiger charge is 2.42. The summed E-state index contributed by atoms with van der Waals surface area (Å²) in [5, 5.41) is 6.62. The third-order valence-corrected chi connectivity index (χ3v) is 6.79. The molecule has 2 aliphatic rings. The number of Topliss-reactive ketones (excluding diaryl/α,β-unsaturated/α-hetero) is 1. The van der Waals surface area contributed by atoms with Gasteiger partial charge in [0.05, 0.1) is 24.2 Å². The molecule has 0 radical (unpaired) electrons. The Morgan fingerprint density at radius 2 is 1.91 bits per heavy atom. The number of aryl methyl sites for hydroxylation is 2. The summed E-state index contributed by atoms with van der Waals surface area (Å²) in [5.74, 6) is 0.567. The number of carbonyl (C=O) groups excluding carboxylic acids is 2. The molecule has 1 atom stereocenters. The number of carbonyl (C=O) groups is 2. The van der Waals surface area contributed by atoms with Crippen LogP contribution in [0.5, 0.6) is 0 Å². The van der Waals surface area contributed by atoms with Crippen LogP contribution in [0.1, 0.15) is 49.6 Å². The number of hydrogen-bond donors (Lipinski definition) is 2. The van der Waals surface area contributed by atoms with Crippen molar-refractivity contribution >= 4 is 28.8 Å². The van der Waals surface area contributed by atoms with Crippen LogP contribution in [-0.4, -0.2) is 18.2 Å². The van der Waals surface area contributed by atoms with E-state index in [4.69, 9.17) is 4.42 Å². The lowest BCUT2D eigenvalue weighted by Gasteiger charge is -2.36. The number of rotatable bonds is 4. The number of anilines is 3. The van der Waals surface area contributed by atoms with E-state index in [0.29, 0.717) is 17.8 Å². The van der Waals surface area contributed by atoms with Crippen LogP contribution in [0.2, 0.25) is 0 Å². The van der Waals surface area contributed by atoms with Gasteiger partial charge < -0.3 is 20.0 Å². The first-order valence-corrected chi connectivity index (χ1v) is 12.0. The number of nitrogens with one attached hydrogen (secondary N) is 2. The zero-order valence-corrected chi connectivity index (χ0v) is 20.6. The molecule has 2 heterocycles. The van der Waals surface area contributed by atoms with E-state index in [1.54, 1.807) is 6.26 Å². The van der Waals surface area contributed by atoms with Crippen molar-refractivity contribution in [3.63, 3.8) is 0 Å². The smallest absolute Gasteiger partial charge is 0.243 e. The summed E-state index contributed by atoms with van der Waals surface area (Å²) in [6.45, 7) is 8.31. The molecule has 35 heavy (non-hydrogen) atoms. The second kappa shape index (κ2) is 8.77. The van der Waals surface area contributed by atoms with Crippen LogP contribution < -0.4 is 15.5 Å². The number of nitrogens with zero attached hydrogens (tertiary/aromatic N) is 1. The van der Waals surface area contributed by atoms with Crippen LogP contribution in [0.15, 0.2) is 76.5 Å². The van der Waals surface area contributed by atoms with Gasteiger partial charge in [0.25, 0.3) is 0 Å². The molecule has 6 nitrogen and oxygen atoms in total. The molecule has 1 aliphatic heterocycles. The van der Waals surface area contributed by atoms with Gasteiger partial charge in [0.2, 0.25) is 5.91 Å². The first-order valence-electron chi connectivity index (χ1n) is 12.0. The van der Waals surface area contributed by atoms with Crippen LogP contribution in [0.4, 0.5) is 17.1 Å². The molecule has 2 N–H and O–H groups in total. The van der Waals surface area contributed by atoms with E-state index < -0.39 is 6.04 Å².